The smallest absolute Gasteiger partial charge is 0.410 e. The molecule has 0 spiro atoms. The molecule has 0 N–H and O–H groups in total. The first kappa shape index (κ1) is 23.9. The summed E-state index contributed by atoms with van der Waals surface area (Å²) in [6.45, 7) is 3.93. The van der Waals surface area contributed by atoms with Crippen LogP contribution in [0.3, 0.4) is 0 Å². The molecule has 35 heavy (non-hydrogen) atoms. The summed E-state index contributed by atoms with van der Waals surface area (Å²) in [4.78, 5) is 30.8. The van der Waals surface area contributed by atoms with E-state index in [-0.39, 0.29) is 12.0 Å². The predicted molar refractivity (Wildman–Crippen MR) is 137 cm³/mol. The number of carbonyl (C=O) groups excluding carboxylic acids is 2. The molecule has 5 rings (SSSR count). The number of hydrogen-bond donors (Lipinski definition) is 0. The summed E-state index contributed by atoms with van der Waals surface area (Å²) in [5, 5.41) is 0. The third-order valence-corrected chi connectivity index (χ3v) is 8.00. The molecule has 0 bridgehead atoms. The van der Waals surface area contributed by atoms with E-state index in [2.05, 4.69) is 17.0 Å². The molecule has 0 radical (unpaired) electrons. The Morgan fingerprint density at radius 3 is 2.60 bits per heavy atom. The average Bonchev–Trinajstić information content (AvgIpc) is 3.42. The molecule has 2 aromatic rings. The van der Waals surface area contributed by atoms with Gasteiger partial charge in [0.05, 0.1) is 0 Å². The topological polar surface area (TPSA) is 53.1 Å². The van der Waals surface area contributed by atoms with Crippen molar-refractivity contribution < 1.29 is 14.3 Å². The van der Waals surface area contributed by atoms with Gasteiger partial charge in [-0.3, -0.25) is 9.69 Å². The average molecular weight is 476 g/mol. The molecule has 6 nitrogen and oxygen atoms in total. The van der Waals surface area contributed by atoms with Crippen LogP contribution in [0.25, 0.3) is 0 Å². The van der Waals surface area contributed by atoms with E-state index in [1.807, 2.05) is 35.2 Å². The fourth-order valence-electron chi connectivity index (χ4n) is 6.18. The lowest BCUT2D eigenvalue weighted by atomic mass is 9.79. The first-order valence-corrected chi connectivity index (χ1v) is 13.1. The van der Waals surface area contributed by atoms with Gasteiger partial charge in [0.1, 0.15) is 5.75 Å². The van der Waals surface area contributed by atoms with Crippen LogP contribution >= 0.6 is 0 Å². The minimum atomic E-state index is -0.313. The molecule has 1 saturated heterocycles. The van der Waals surface area contributed by atoms with Gasteiger partial charge in [0.2, 0.25) is 0 Å². The molecular formula is C29H37N3O3. The summed E-state index contributed by atoms with van der Waals surface area (Å²) in [7, 11) is 3.43. The predicted octanol–water partition coefficient (Wildman–Crippen LogP) is 5.07. The molecule has 2 aromatic carbocycles. The molecule has 2 amide bonds. The Morgan fingerprint density at radius 1 is 1.00 bits per heavy atom. The normalized spacial score (nSPS) is 21.0. The van der Waals surface area contributed by atoms with Crippen molar-refractivity contribution in [1.29, 1.82) is 0 Å². The van der Waals surface area contributed by atoms with E-state index in [9.17, 15) is 9.59 Å². The Kier molecular flexibility index (Phi) is 7.09. The molecule has 1 fully saturated rings. The van der Waals surface area contributed by atoms with Crippen LogP contribution in [0.5, 0.6) is 5.75 Å². The van der Waals surface area contributed by atoms with E-state index in [0.29, 0.717) is 12.0 Å². The Bertz CT molecular complexity index is 1080. The maximum Gasteiger partial charge on any atom is 0.414 e. The lowest BCUT2D eigenvalue weighted by molar-refractivity contribution is 0.0775. The Balaban J connectivity index is 1.07. The van der Waals surface area contributed by atoms with Gasteiger partial charge in [-0.2, -0.15) is 0 Å². The number of nitrogens with zero attached hydrogens (tertiary/aromatic N) is 3. The first-order chi connectivity index (χ1) is 17.0. The quantitative estimate of drug-likeness (QED) is 0.501. The van der Waals surface area contributed by atoms with Crippen molar-refractivity contribution in [1.82, 2.24) is 14.7 Å². The number of ether oxygens (including phenoxy) is 1. The van der Waals surface area contributed by atoms with Crippen LogP contribution in [0.2, 0.25) is 0 Å². The summed E-state index contributed by atoms with van der Waals surface area (Å²) in [6.07, 6.45) is 7.64. The van der Waals surface area contributed by atoms with E-state index in [1.165, 1.54) is 41.7 Å². The van der Waals surface area contributed by atoms with Crippen LogP contribution in [0.15, 0.2) is 42.5 Å². The SMILES string of the molecule is CN(C)C(=O)Oc1cccc2c1CCC1C2CCN1CCCCCCN1Cc2ccccc2C1=O. The lowest BCUT2D eigenvalue weighted by Crippen LogP contribution is -2.36. The van der Waals surface area contributed by atoms with Crippen molar-refractivity contribution in [3.63, 3.8) is 0 Å². The molecule has 186 valence electrons. The number of hydrogen-bond acceptors (Lipinski definition) is 4. The zero-order chi connectivity index (χ0) is 24.4. The van der Waals surface area contributed by atoms with E-state index < -0.39 is 0 Å². The summed E-state index contributed by atoms with van der Waals surface area (Å²) in [5.74, 6) is 1.47. The van der Waals surface area contributed by atoms with Crippen LogP contribution in [0.1, 0.15) is 71.5 Å². The summed E-state index contributed by atoms with van der Waals surface area (Å²) in [5.41, 5.74) is 4.65. The zero-order valence-electron chi connectivity index (χ0n) is 21.0. The van der Waals surface area contributed by atoms with Crippen molar-refractivity contribution in [3.8, 4) is 5.75 Å². The van der Waals surface area contributed by atoms with Crippen LogP contribution in [0.4, 0.5) is 4.79 Å². The van der Waals surface area contributed by atoms with Gasteiger partial charge >= 0.3 is 6.09 Å². The zero-order valence-corrected chi connectivity index (χ0v) is 21.0. The maximum absolute atomic E-state index is 12.5. The molecule has 0 aromatic heterocycles. The van der Waals surface area contributed by atoms with Gasteiger partial charge in [-0.05, 0) is 74.0 Å². The molecule has 2 heterocycles. The standard InChI is InChI=1S/C29H37N3O3/c1-30(2)29(34)35-27-13-9-12-23-24-16-19-31(26(24)15-14-25(23)27)17-7-3-4-8-18-32-20-21-10-5-6-11-22(21)28(32)33/h5-6,9-13,24,26H,3-4,7-8,14-20H2,1-2H3. The van der Waals surface area contributed by atoms with Crippen molar-refractivity contribution in [2.24, 2.45) is 0 Å². The van der Waals surface area contributed by atoms with Gasteiger partial charge in [-0.1, -0.05) is 43.2 Å². The Morgan fingerprint density at radius 2 is 1.80 bits per heavy atom. The summed E-state index contributed by atoms with van der Waals surface area (Å²) >= 11 is 0. The van der Waals surface area contributed by atoms with Gasteiger partial charge in [-0.25, -0.2) is 4.79 Å². The first-order valence-electron chi connectivity index (χ1n) is 13.1. The Labute approximate surface area is 208 Å². The van der Waals surface area contributed by atoms with Crippen LogP contribution in [-0.4, -0.2) is 66.5 Å². The van der Waals surface area contributed by atoms with Crippen molar-refractivity contribution in [2.75, 3.05) is 33.7 Å². The second kappa shape index (κ2) is 10.4. The lowest BCUT2D eigenvalue weighted by Gasteiger charge is -2.34. The fraction of sp³-hybridized carbons (Fsp3) is 0.517. The fourth-order valence-corrected chi connectivity index (χ4v) is 6.18. The highest BCUT2D eigenvalue weighted by Crippen LogP contribution is 2.44. The third kappa shape index (κ3) is 4.94. The molecular weight excluding hydrogens is 438 g/mol. The molecule has 0 saturated carbocycles. The summed E-state index contributed by atoms with van der Waals surface area (Å²) in [6, 6.07) is 14.8. The van der Waals surface area contributed by atoms with Crippen LogP contribution in [-0.2, 0) is 13.0 Å². The number of unbranched alkanes of at least 4 members (excludes halogenated alkanes) is 3. The third-order valence-electron chi connectivity index (χ3n) is 8.00. The number of rotatable bonds is 8. The van der Waals surface area contributed by atoms with Gasteiger partial charge in [0.15, 0.2) is 0 Å². The summed E-state index contributed by atoms with van der Waals surface area (Å²) < 4.78 is 5.66. The number of carbonyl (C=O) groups is 2. The second-order valence-corrected chi connectivity index (χ2v) is 10.4. The number of likely N-dealkylation sites (tertiary alicyclic amines) is 1. The minimum absolute atomic E-state index is 0.195. The molecule has 3 aliphatic rings. The van der Waals surface area contributed by atoms with Gasteiger partial charge in [0, 0.05) is 44.7 Å². The molecule has 6 heteroatoms. The van der Waals surface area contributed by atoms with Crippen LogP contribution in [0, 0.1) is 0 Å². The number of fused-ring (bicyclic) bond motifs is 4. The highest BCUT2D eigenvalue weighted by atomic mass is 16.6. The van der Waals surface area contributed by atoms with E-state index >= 15 is 0 Å². The molecule has 2 unspecified atom stereocenters. The largest absolute Gasteiger partial charge is 0.414 e. The minimum Gasteiger partial charge on any atom is -0.410 e. The van der Waals surface area contributed by atoms with Gasteiger partial charge in [0.25, 0.3) is 5.91 Å². The maximum atomic E-state index is 12.5. The molecule has 2 atom stereocenters. The number of benzene rings is 2. The van der Waals surface area contributed by atoms with Crippen LogP contribution < -0.4 is 4.74 Å². The monoisotopic (exact) mass is 475 g/mol. The van der Waals surface area contributed by atoms with E-state index in [4.69, 9.17) is 4.74 Å². The number of amides is 2. The van der Waals surface area contributed by atoms with Crippen molar-refractivity contribution >= 4 is 12.0 Å². The molecule has 1 aliphatic carbocycles. The van der Waals surface area contributed by atoms with Gasteiger partial charge < -0.3 is 14.5 Å². The Hall–Kier alpha value is -2.86. The van der Waals surface area contributed by atoms with Crippen molar-refractivity contribution in [3.05, 3.63) is 64.7 Å². The van der Waals surface area contributed by atoms with E-state index in [1.54, 1.807) is 14.1 Å². The molecule has 2 aliphatic heterocycles. The highest BCUT2D eigenvalue weighted by Gasteiger charge is 2.39. The second-order valence-electron chi connectivity index (χ2n) is 10.4. The van der Waals surface area contributed by atoms with E-state index in [0.717, 1.165) is 62.3 Å². The highest BCUT2D eigenvalue weighted by molar-refractivity contribution is 5.98. The van der Waals surface area contributed by atoms with Crippen molar-refractivity contribution in [2.45, 2.75) is 63.5 Å². The van der Waals surface area contributed by atoms with Gasteiger partial charge in [-0.15, -0.1) is 0 Å².